The summed E-state index contributed by atoms with van der Waals surface area (Å²) in [5, 5.41) is 9.78. The van der Waals surface area contributed by atoms with E-state index >= 15 is 0 Å². The van der Waals surface area contributed by atoms with Gasteiger partial charge in [0.2, 0.25) is 0 Å². The van der Waals surface area contributed by atoms with Gasteiger partial charge in [-0.25, -0.2) is 4.98 Å². The van der Waals surface area contributed by atoms with Crippen molar-refractivity contribution in [1.29, 1.82) is 0 Å². The van der Waals surface area contributed by atoms with Crippen molar-refractivity contribution in [2.75, 3.05) is 31.1 Å². The van der Waals surface area contributed by atoms with E-state index in [9.17, 15) is 9.90 Å². The molecule has 0 radical (unpaired) electrons. The normalized spacial score (nSPS) is 17.0. The summed E-state index contributed by atoms with van der Waals surface area (Å²) in [6.45, 7) is 6.90. The standard InChI is InChI=1S/C18H24N4O2/c1-13-16(19-14(2)20(13)3)17(18(23)24)22-11-9-21(10-12-22)15-7-5-4-6-8-15/h4-8,17H,9-12H2,1-3H3,(H,23,24). The zero-order valence-electron chi connectivity index (χ0n) is 14.4. The van der Waals surface area contributed by atoms with Crippen LogP contribution in [0.5, 0.6) is 0 Å². The van der Waals surface area contributed by atoms with Crippen LogP contribution in [-0.4, -0.2) is 51.7 Å². The number of aryl methyl sites for hydroxylation is 1. The van der Waals surface area contributed by atoms with Gasteiger partial charge in [0.1, 0.15) is 5.82 Å². The lowest BCUT2D eigenvalue weighted by Gasteiger charge is -2.38. The Morgan fingerprint density at radius 1 is 1.12 bits per heavy atom. The van der Waals surface area contributed by atoms with E-state index < -0.39 is 12.0 Å². The highest BCUT2D eigenvalue weighted by Gasteiger charge is 2.33. The first kappa shape index (κ1) is 16.5. The SMILES string of the molecule is Cc1nc(C(C(=O)O)N2CCN(c3ccccc3)CC2)c(C)n1C. The van der Waals surface area contributed by atoms with Crippen LogP contribution in [-0.2, 0) is 11.8 Å². The van der Waals surface area contributed by atoms with E-state index in [2.05, 4.69) is 22.0 Å². The maximum Gasteiger partial charge on any atom is 0.327 e. The number of benzene rings is 1. The van der Waals surface area contributed by atoms with Gasteiger partial charge in [-0.3, -0.25) is 9.69 Å². The highest BCUT2D eigenvalue weighted by atomic mass is 16.4. The van der Waals surface area contributed by atoms with Crippen molar-refractivity contribution in [3.8, 4) is 0 Å². The second-order valence-corrected chi connectivity index (χ2v) is 6.29. The predicted molar refractivity (Wildman–Crippen MR) is 93.3 cm³/mol. The van der Waals surface area contributed by atoms with Gasteiger partial charge in [0.15, 0.2) is 6.04 Å². The molecule has 1 fully saturated rings. The number of anilines is 1. The number of para-hydroxylation sites is 1. The molecule has 3 rings (SSSR count). The molecule has 0 amide bonds. The average molecular weight is 328 g/mol. The molecule has 1 aliphatic heterocycles. The van der Waals surface area contributed by atoms with E-state index in [0.717, 1.165) is 24.6 Å². The average Bonchev–Trinajstić information content (AvgIpc) is 2.84. The fourth-order valence-electron chi connectivity index (χ4n) is 3.33. The molecule has 0 spiro atoms. The molecule has 1 aliphatic rings. The zero-order chi connectivity index (χ0) is 17.3. The molecule has 2 aromatic rings. The molecule has 128 valence electrons. The first-order valence-electron chi connectivity index (χ1n) is 8.25. The predicted octanol–water partition coefficient (Wildman–Crippen LogP) is 1.98. The summed E-state index contributed by atoms with van der Waals surface area (Å²) in [6, 6.07) is 9.58. The first-order valence-corrected chi connectivity index (χ1v) is 8.25. The summed E-state index contributed by atoms with van der Waals surface area (Å²) < 4.78 is 1.95. The molecule has 24 heavy (non-hydrogen) atoms. The number of hydrogen-bond donors (Lipinski definition) is 1. The smallest absolute Gasteiger partial charge is 0.327 e. The summed E-state index contributed by atoms with van der Waals surface area (Å²) in [7, 11) is 1.92. The molecule has 6 heteroatoms. The van der Waals surface area contributed by atoms with Crippen LogP contribution in [0.15, 0.2) is 30.3 Å². The van der Waals surface area contributed by atoms with Crippen molar-refractivity contribution >= 4 is 11.7 Å². The molecule has 6 nitrogen and oxygen atoms in total. The van der Waals surface area contributed by atoms with Gasteiger partial charge in [0, 0.05) is 44.6 Å². The van der Waals surface area contributed by atoms with Gasteiger partial charge in [-0.2, -0.15) is 0 Å². The Morgan fingerprint density at radius 2 is 1.75 bits per heavy atom. The van der Waals surface area contributed by atoms with Gasteiger partial charge in [0.25, 0.3) is 0 Å². The van der Waals surface area contributed by atoms with Crippen LogP contribution in [0, 0.1) is 13.8 Å². The number of hydrogen-bond acceptors (Lipinski definition) is 4. The van der Waals surface area contributed by atoms with E-state index in [-0.39, 0.29) is 0 Å². The molecule has 1 unspecified atom stereocenters. The molecule has 0 aliphatic carbocycles. The summed E-state index contributed by atoms with van der Waals surface area (Å²) in [4.78, 5) is 20.8. The molecule has 1 N–H and O–H groups in total. The van der Waals surface area contributed by atoms with E-state index in [1.165, 1.54) is 5.69 Å². The van der Waals surface area contributed by atoms with Gasteiger partial charge in [0.05, 0.1) is 5.69 Å². The van der Waals surface area contributed by atoms with Crippen LogP contribution in [0.4, 0.5) is 5.69 Å². The first-order chi connectivity index (χ1) is 11.5. The van der Waals surface area contributed by atoms with Crippen LogP contribution < -0.4 is 4.90 Å². The maximum atomic E-state index is 11.9. The number of aromatic nitrogens is 2. The topological polar surface area (TPSA) is 61.6 Å². The molecule has 2 heterocycles. The number of rotatable bonds is 4. The maximum absolute atomic E-state index is 11.9. The van der Waals surface area contributed by atoms with Gasteiger partial charge < -0.3 is 14.6 Å². The highest BCUT2D eigenvalue weighted by molar-refractivity contribution is 5.75. The van der Waals surface area contributed by atoms with Crippen LogP contribution in [0.3, 0.4) is 0 Å². The molecule has 1 atom stereocenters. The second kappa shape index (κ2) is 6.65. The third-order valence-electron chi connectivity index (χ3n) is 4.94. The monoisotopic (exact) mass is 328 g/mol. The number of carboxylic acid groups (broad SMARTS) is 1. The van der Waals surface area contributed by atoms with Crippen LogP contribution in [0.2, 0.25) is 0 Å². The Kier molecular flexibility index (Phi) is 4.57. The minimum Gasteiger partial charge on any atom is -0.480 e. The van der Waals surface area contributed by atoms with E-state index in [1.807, 2.05) is 48.6 Å². The third-order valence-corrected chi connectivity index (χ3v) is 4.94. The lowest BCUT2D eigenvalue weighted by Crippen LogP contribution is -2.49. The Labute approximate surface area is 142 Å². The fourth-order valence-corrected chi connectivity index (χ4v) is 3.33. The largest absolute Gasteiger partial charge is 0.480 e. The summed E-state index contributed by atoms with van der Waals surface area (Å²) in [5.41, 5.74) is 2.77. The number of carboxylic acids is 1. The van der Waals surface area contributed by atoms with Crippen molar-refractivity contribution in [1.82, 2.24) is 14.5 Å². The lowest BCUT2D eigenvalue weighted by atomic mass is 10.1. The van der Waals surface area contributed by atoms with Crippen molar-refractivity contribution < 1.29 is 9.90 Å². The van der Waals surface area contributed by atoms with E-state index in [1.54, 1.807) is 0 Å². The minimum atomic E-state index is -0.829. The van der Waals surface area contributed by atoms with Crippen LogP contribution in [0.25, 0.3) is 0 Å². The number of imidazole rings is 1. The molecular weight excluding hydrogens is 304 g/mol. The van der Waals surface area contributed by atoms with Crippen molar-refractivity contribution in [3.63, 3.8) is 0 Å². The van der Waals surface area contributed by atoms with Gasteiger partial charge >= 0.3 is 5.97 Å². The molecule has 1 saturated heterocycles. The molecule has 0 bridgehead atoms. The summed E-state index contributed by atoms with van der Waals surface area (Å²) in [5.74, 6) is 0.0148. The number of aliphatic carboxylic acids is 1. The summed E-state index contributed by atoms with van der Waals surface area (Å²) >= 11 is 0. The van der Waals surface area contributed by atoms with Crippen LogP contribution in [0.1, 0.15) is 23.3 Å². The number of carbonyl (C=O) groups is 1. The fraction of sp³-hybridized carbons (Fsp3) is 0.444. The van der Waals surface area contributed by atoms with Crippen LogP contribution >= 0.6 is 0 Å². The molecule has 1 aromatic carbocycles. The Balaban J connectivity index is 1.77. The van der Waals surface area contributed by atoms with Crippen molar-refractivity contribution in [3.05, 3.63) is 47.5 Å². The van der Waals surface area contributed by atoms with Gasteiger partial charge in [-0.1, -0.05) is 18.2 Å². The number of piperazine rings is 1. The third kappa shape index (κ3) is 3.01. The van der Waals surface area contributed by atoms with E-state index in [4.69, 9.17) is 0 Å². The van der Waals surface area contributed by atoms with Crippen molar-refractivity contribution in [2.24, 2.45) is 7.05 Å². The Bertz CT molecular complexity index is 718. The summed E-state index contributed by atoms with van der Waals surface area (Å²) in [6.07, 6.45) is 0. The van der Waals surface area contributed by atoms with E-state index in [0.29, 0.717) is 18.8 Å². The minimum absolute atomic E-state index is 0.663. The molecular formula is C18H24N4O2. The second-order valence-electron chi connectivity index (χ2n) is 6.29. The quantitative estimate of drug-likeness (QED) is 0.930. The zero-order valence-corrected chi connectivity index (χ0v) is 14.4. The highest BCUT2D eigenvalue weighted by Crippen LogP contribution is 2.26. The Hall–Kier alpha value is -2.34. The lowest BCUT2D eigenvalue weighted by molar-refractivity contribution is -0.144. The molecule has 1 aromatic heterocycles. The van der Waals surface area contributed by atoms with Gasteiger partial charge in [-0.15, -0.1) is 0 Å². The Morgan fingerprint density at radius 3 is 2.25 bits per heavy atom. The van der Waals surface area contributed by atoms with Crippen molar-refractivity contribution in [2.45, 2.75) is 19.9 Å². The molecule has 0 saturated carbocycles. The van der Waals surface area contributed by atoms with Gasteiger partial charge in [-0.05, 0) is 26.0 Å². The number of nitrogens with zero attached hydrogens (tertiary/aromatic N) is 4.